The number of hydrogen-bond acceptors (Lipinski definition) is 7. The van der Waals surface area contributed by atoms with E-state index >= 15 is 0 Å². The molecule has 1 saturated carbocycles. The number of hydrogen-bond donors (Lipinski definition) is 2. The number of ether oxygens (including phenoxy) is 1. The Morgan fingerprint density at radius 2 is 2.06 bits per heavy atom. The number of nitrogens with one attached hydrogen (secondary N) is 2. The number of sulfonamides is 1. The van der Waals surface area contributed by atoms with Crippen molar-refractivity contribution in [3.8, 4) is 6.07 Å². The summed E-state index contributed by atoms with van der Waals surface area (Å²) >= 11 is 0. The van der Waals surface area contributed by atoms with Crippen LogP contribution >= 0.6 is 0 Å². The van der Waals surface area contributed by atoms with E-state index in [0.717, 1.165) is 12.8 Å². The first-order valence-corrected chi connectivity index (χ1v) is 12.8. The summed E-state index contributed by atoms with van der Waals surface area (Å²) in [5, 5.41) is 17.6. The molecule has 1 saturated heterocycles. The minimum Gasteiger partial charge on any atom is -0.376 e. The van der Waals surface area contributed by atoms with Crippen molar-refractivity contribution in [1.82, 2.24) is 19.1 Å². The number of morpholine rings is 1. The van der Waals surface area contributed by atoms with E-state index < -0.39 is 10.0 Å². The molecular weight excluding hydrogens is 456 g/mol. The van der Waals surface area contributed by atoms with Crippen LogP contribution in [-0.2, 0) is 14.8 Å². The van der Waals surface area contributed by atoms with Gasteiger partial charge in [-0.1, -0.05) is 0 Å². The van der Waals surface area contributed by atoms with Gasteiger partial charge in [0.05, 0.1) is 41.7 Å². The Kier molecular flexibility index (Phi) is 5.89. The highest BCUT2D eigenvalue weighted by molar-refractivity contribution is 7.89. The molecule has 2 unspecified atom stereocenters. The first-order valence-electron chi connectivity index (χ1n) is 11.3. The number of H-pyrrole nitrogens is 1. The van der Waals surface area contributed by atoms with Crippen molar-refractivity contribution in [3.05, 3.63) is 46.9 Å². The van der Waals surface area contributed by atoms with Gasteiger partial charge >= 0.3 is 0 Å². The molecule has 11 heteroatoms. The van der Waals surface area contributed by atoms with E-state index in [2.05, 4.69) is 21.5 Å². The normalized spacial score (nSPS) is 20.2. The Hall–Kier alpha value is -3.20. The lowest BCUT2D eigenvalue weighted by Crippen LogP contribution is -2.44. The van der Waals surface area contributed by atoms with Crippen molar-refractivity contribution in [1.29, 1.82) is 5.26 Å². The highest BCUT2D eigenvalue weighted by Crippen LogP contribution is 2.43. The SMILES string of the molecule is CC1CN(S(=O)(=O)c2ccc(Nc3nn(C(CC#N)C4CC4)c4cc[nH]c(=O)c34)cc2)CCO1. The first kappa shape index (κ1) is 22.6. The molecule has 0 spiro atoms. The summed E-state index contributed by atoms with van der Waals surface area (Å²) in [5.41, 5.74) is 0.991. The zero-order valence-electron chi connectivity index (χ0n) is 18.8. The smallest absolute Gasteiger partial charge is 0.261 e. The molecule has 5 rings (SSSR count). The Labute approximate surface area is 197 Å². The number of nitrogens with zero attached hydrogens (tertiary/aromatic N) is 4. The van der Waals surface area contributed by atoms with Crippen LogP contribution in [-0.4, -0.2) is 53.3 Å². The number of fused-ring (bicyclic) bond motifs is 1. The van der Waals surface area contributed by atoms with Gasteiger partial charge < -0.3 is 15.0 Å². The third kappa shape index (κ3) is 4.20. The van der Waals surface area contributed by atoms with Gasteiger partial charge in [0.1, 0.15) is 5.39 Å². The molecule has 1 aliphatic heterocycles. The van der Waals surface area contributed by atoms with Crippen LogP contribution in [0.1, 0.15) is 32.2 Å². The third-order valence-corrected chi connectivity index (χ3v) is 8.25. The summed E-state index contributed by atoms with van der Waals surface area (Å²) in [6, 6.07) is 10.4. The predicted molar refractivity (Wildman–Crippen MR) is 126 cm³/mol. The summed E-state index contributed by atoms with van der Waals surface area (Å²) < 4.78 is 34.7. The van der Waals surface area contributed by atoms with E-state index in [1.54, 1.807) is 41.2 Å². The molecule has 3 aromatic rings. The second-order valence-electron chi connectivity index (χ2n) is 8.82. The van der Waals surface area contributed by atoms with Crippen LogP contribution < -0.4 is 10.9 Å². The molecule has 1 aliphatic carbocycles. The van der Waals surface area contributed by atoms with Gasteiger partial charge in [-0.25, -0.2) is 8.42 Å². The van der Waals surface area contributed by atoms with Gasteiger partial charge in [0.25, 0.3) is 5.56 Å². The maximum absolute atomic E-state index is 13.0. The highest BCUT2D eigenvalue weighted by Gasteiger charge is 2.34. The fourth-order valence-corrected chi connectivity index (χ4v) is 5.97. The van der Waals surface area contributed by atoms with Gasteiger partial charge in [-0.2, -0.15) is 14.7 Å². The molecule has 2 aromatic heterocycles. The summed E-state index contributed by atoms with van der Waals surface area (Å²) in [5.74, 6) is 0.750. The van der Waals surface area contributed by atoms with Crippen molar-refractivity contribution in [3.63, 3.8) is 0 Å². The minimum atomic E-state index is -3.62. The van der Waals surface area contributed by atoms with Gasteiger partial charge in [-0.15, -0.1) is 0 Å². The van der Waals surface area contributed by atoms with E-state index in [1.165, 1.54) is 4.31 Å². The molecule has 1 aromatic carbocycles. The number of aromatic nitrogens is 3. The second kappa shape index (κ2) is 8.87. The number of anilines is 2. The largest absolute Gasteiger partial charge is 0.376 e. The highest BCUT2D eigenvalue weighted by atomic mass is 32.2. The molecule has 3 heterocycles. The van der Waals surface area contributed by atoms with Crippen LogP contribution in [0.15, 0.2) is 46.2 Å². The summed E-state index contributed by atoms with van der Waals surface area (Å²) in [6.45, 7) is 2.87. The van der Waals surface area contributed by atoms with E-state index in [1.807, 2.05) is 6.92 Å². The van der Waals surface area contributed by atoms with Crippen molar-refractivity contribution in [2.75, 3.05) is 25.0 Å². The van der Waals surface area contributed by atoms with Crippen molar-refractivity contribution in [2.24, 2.45) is 5.92 Å². The average molecular weight is 483 g/mol. The average Bonchev–Trinajstić information content (AvgIpc) is 3.60. The molecule has 2 atom stereocenters. The molecule has 2 fully saturated rings. The molecular formula is C23H26N6O4S. The fraction of sp³-hybridized carbons (Fsp3) is 0.435. The number of nitriles is 1. The molecule has 0 bridgehead atoms. The van der Waals surface area contributed by atoms with Crippen LogP contribution in [0.3, 0.4) is 0 Å². The second-order valence-corrected chi connectivity index (χ2v) is 10.8. The maximum Gasteiger partial charge on any atom is 0.261 e. The lowest BCUT2D eigenvalue weighted by atomic mass is 10.1. The van der Waals surface area contributed by atoms with Gasteiger partial charge in [-0.3, -0.25) is 9.48 Å². The Morgan fingerprint density at radius 3 is 2.74 bits per heavy atom. The Balaban J connectivity index is 1.45. The van der Waals surface area contributed by atoms with Crippen LogP contribution in [0.5, 0.6) is 0 Å². The van der Waals surface area contributed by atoms with E-state index in [-0.39, 0.29) is 22.6 Å². The monoisotopic (exact) mass is 482 g/mol. The molecule has 178 valence electrons. The molecule has 10 nitrogen and oxygen atoms in total. The van der Waals surface area contributed by atoms with Crippen molar-refractivity contribution < 1.29 is 13.2 Å². The standard InChI is InChI=1S/C23H26N6O4S/c1-15-14-28(12-13-33-15)34(31,32)18-6-4-17(5-7-18)26-22-21-20(9-11-25-23(21)30)29(27-22)19(8-10-24)16-2-3-16/h4-7,9,11,15-16,19H,2-3,8,12-14H2,1H3,(H,25,30)(H,26,27). The van der Waals surface area contributed by atoms with Gasteiger partial charge in [0.2, 0.25) is 10.0 Å². The number of aromatic amines is 1. The maximum atomic E-state index is 13.0. The minimum absolute atomic E-state index is 0.0896. The molecule has 0 amide bonds. The van der Waals surface area contributed by atoms with Gasteiger partial charge in [0.15, 0.2) is 5.82 Å². The van der Waals surface area contributed by atoms with Crippen LogP contribution in [0, 0.1) is 17.2 Å². The molecule has 2 N–H and O–H groups in total. The Bertz CT molecular complexity index is 1400. The predicted octanol–water partition coefficient (Wildman–Crippen LogP) is 2.74. The molecule has 34 heavy (non-hydrogen) atoms. The van der Waals surface area contributed by atoms with E-state index in [0.29, 0.717) is 54.4 Å². The Morgan fingerprint density at radius 1 is 1.29 bits per heavy atom. The lowest BCUT2D eigenvalue weighted by molar-refractivity contribution is 0.0102. The molecule has 0 radical (unpaired) electrons. The van der Waals surface area contributed by atoms with Gasteiger partial charge in [0, 0.05) is 25.0 Å². The van der Waals surface area contributed by atoms with Crippen molar-refractivity contribution >= 4 is 32.4 Å². The first-order chi connectivity index (χ1) is 16.4. The topological polar surface area (TPSA) is 133 Å². The van der Waals surface area contributed by atoms with Crippen molar-refractivity contribution in [2.45, 2.75) is 43.2 Å². The van der Waals surface area contributed by atoms with E-state index in [9.17, 15) is 18.5 Å². The number of pyridine rings is 1. The zero-order chi connectivity index (χ0) is 23.9. The number of benzene rings is 1. The van der Waals surface area contributed by atoms with Crippen LogP contribution in [0.2, 0.25) is 0 Å². The van der Waals surface area contributed by atoms with E-state index in [4.69, 9.17) is 4.74 Å². The quantitative estimate of drug-likeness (QED) is 0.529. The summed E-state index contributed by atoms with van der Waals surface area (Å²) in [4.78, 5) is 15.5. The fourth-order valence-electron chi connectivity index (χ4n) is 4.47. The number of rotatable bonds is 7. The van der Waals surface area contributed by atoms with Crippen LogP contribution in [0.25, 0.3) is 10.9 Å². The third-order valence-electron chi connectivity index (χ3n) is 6.37. The lowest BCUT2D eigenvalue weighted by Gasteiger charge is -2.30. The summed E-state index contributed by atoms with van der Waals surface area (Å²) in [6.07, 6.45) is 3.83. The zero-order valence-corrected chi connectivity index (χ0v) is 19.6. The summed E-state index contributed by atoms with van der Waals surface area (Å²) in [7, 11) is -3.62. The van der Waals surface area contributed by atoms with Gasteiger partial charge in [-0.05, 0) is 56.0 Å². The van der Waals surface area contributed by atoms with Crippen LogP contribution in [0.4, 0.5) is 11.5 Å². The molecule has 2 aliphatic rings.